The van der Waals surface area contributed by atoms with Crippen LogP contribution in [0.3, 0.4) is 0 Å². The van der Waals surface area contributed by atoms with Gasteiger partial charge in [-0.1, -0.05) is 19.8 Å². The number of unbranched alkanes of at least 4 members (excludes halogenated alkanes) is 3. The van der Waals surface area contributed by atoms with Crippen LogP contribution in [-0.2, 0) is 0 Å². The van der Waals surface area contributed by atoms with Gasteiger partial charge in [0.2, 0.25) is 0 Å². The highest BCUT2D eigenvalue weighted by Gasteiger charge is 2.02. The highest BCUT2D eigenvalue weighted by Crippen LogP contribution is 2.27. The molecule has 0 aliphatic rings. The highest BCUT2D eigenvalue weighted by molar-refractivity contribution is 5.64. The number of benzene rings is 1. The molecule has 6 nitrogen and oxygen atoms in total. The van der Waals surface area contributed by atoms with Crippen molar-refractivity contribution < 1.29 is 24.5 Å². The molecule has 0 bridgehead atoms. The lowest BCUT2D eigenvalue weighted by Gasteiger charge is -2.10. The predicted molar refractivity (Wildman–Crippen MR) is 83.9 cm³/mol. The fraction of sp³-hybridized carbons (Fsp3) is 0.562. The van der Waals surface area contributed by atoms with E-state index in [1.807, 2.05) is 6.92 Å². The maximum atomic E-state index is 10.3. The first kappa shape index (κ1) is 17.9. The van der Waals surface area contributed by atoms with Crippen molar-refractivity contribution in [3.05, 3.63) is 18.2 Å². The van der Waals surface area contributed by atoms with Crippen LogP contribution in [0, 0.1) is 0 Å². The Morgan fingerprint density at radius 1 is 1.05 bits per heavy atom. The van der Waals surface area contributed by atoms with Crippen LogP contribution in [0.25, 0.3) is 0 Å². The number of amides is 1. The van der Waals surface area contributed by atoms with Crippen LogP contribution in [-0.4, -0.2) is 36.1 Å². The minimum atomic E-state index is -0.978. The van der Waals surface area contributed by atoms with Crippen LogP contribution in [0.5, 0.6) is 17.2 Å². The van der Waals surface area contributed by atoms with E-state index in [4.69, 9.17) is 14.6 Å². The Morgan fingerprint density at radius 2 is 1.68 bits per heavy atom. The van der Waals surface area contributed by atoms with Crippen LogP contribution in [0.2, 0.25) is 0 Å². The minimum absolute atomic E-state index is 0.128. The molecule has 0 saturated heterocycles. The summed E-state index contributed by atoms with van der Waals surface area (Å²) in [4.78, 5) is 10.3. The van der Waals surface area contributed by atoms with Crippen LogP contribution >= 0.6 is 0 Å². The van der Waals surface area contributed by atoms with Crippen LogP contribution in [0.4, 0.5) is 4.79 Å². The van der Waals surface area contributed by atoms with Gasteiger partial charge in [0.1, 0.15) is 17.2 Å². The Kier molecular flexibility index (Phi) is 8.64. The standard InChI is InChI=1S/C16H25NO5/c1-2-8-21-14-10-13(18)11-15(12-14)22-9-6-4-3-5-7-17-16(19)20/h10-12,17-18H,2-9H2,1H3,(H,19,20). The molecule has 3 N–H and O–H groups in total. The summed E-state index contributed by atoms with van der Waals surface area (Å²) in [5, 5.41) is 20.4. The van der Waals surface area contributed by atoms with Crippen molar-refractivity contribution in [3.8, 4) is 17.2 Å². The van der Waals surface area contributed by atoms with Crippen molar-refractivity contribution in [2.45, 2.75) is 39.0 Å². The second-order valence-corrected chi connectivity index (χ2v) is 5.01. The summed E-state index contributed by atoms with van der Waals surface area (Å²) in [6.45, 7) is 3.67. The number of ether oxygens (including phenoxy) is 2. The molecule has 0 spiro atoms. The van der Waals surface area contributed by atoms with E-state index in [1.54, 1.807) is 18.2 Å². The van der Waals surface area contributed by atoms with Gasteiger partial charge < -0.3 is 25.0 Å². The van der Waals surface area contributed by atoms with Gasteiger partial charge in [-0.2, -0.15) is 0 Å². The molecule has 0 aromatic heterocycles. The third kappa shape index (κ3) is 8.24. The summed E-state index contributed by atoms with van der Waals surface area (Å²) in [6, 6.07) is 4.90. The average Bonchev–Trinajstić information content (AvgIpc) is 2.47. The fourth-order valence-electron chi connectivity index (χ4n) is 1.91. The lowest BCUT2D eigenvalue weighted by molar-refractivity contribution is 0.194. The van der Waals surface area contributed by atoms with Gasteiger partial charge in [0.15, 0.2) is 0 Å². The molecular formula is C16H25NO5. The monoisotopic (exact) mass is 311 g/mol. The van der Waals surface area contributed by atoms with E-state index in [-0.39, 0.29) is 5.75 Å². The van der Waals surface area contributed by atoms with Crippen molar-refractivity contribution in [2.24, 2.45) is 0 Å². The SMILES string of the molecule is CCCOc1cc(O)cc(OCCCCCCNC(=O)O)c1. The van der Waals surface area contributed by atoms with Crippen molar-refractivity contribution in [1.29, 1.82) is 0 Å². The molecule has 0 radical (unpaired) electrons. The fourth-order valence-corrected chi connectivity index (χ4v) is 1.91. The Labute approximate surface area is 131 Å². The molecule has 22 heavy (non-hydrogen) atoms. The molecule has 0 aliphatic heterocycles. The molecule has 0 fully saturated rings. The number of rotatable bonds is 11. The summed E-state index contributed by atoms with van der Waals surface area (Å²) >= 11 is 0. The third-order valence-electron chi connectivity index (χ3n) is 2.95. The Bertz CT molecular complexity index is 450. The van der Waals surface area contributed by atoms with E-state index >= 15 is 0 Å². The molecule has 1 amide bonds. The number of carbonyl (C=O) groups is 1. The first-order valence-corrected chi connectivity index (χ1v) is 7.68. The third-order valence-corrected chi connectivity index (χ3v) is 2.95. The zero-order chi connectivity index (χ0) is 16.2. The molecule has 6 heteroatoms. The topological polar surface area (TPSA) is 88.0 Å². The van der Waals surface area contributed by atoms with Gasteiger partial charge in [0, 0.05) is 24.7 Å². The number of aromatic hydroxyl groups is 1. The van der Waals surface area contributed by atoms with Crippen molar-refractivity contribution in [1.82, 2.24) is 5.32 Å². The van der Waals surface area contributed by atoms with Gasteiger partial charge in [-0.15, -0.1) is 0 Å². The maximum absolute atomic E-state index is 10.3. The molecule has 0 atom stereocenters. The second kappa shape index (κ2) is 10.6. The lowest BCUT2D eigenvalue weighted by Crippen LogP contribution is -2.21. The molecule has 0 heterocycles. The predicted octanol–water partition coefficient (Wildman–Crippen LogP) is 3.39. The number of hydrogen-bond donors (Lipinski definition) is 3. The van der Waals surface area contributed by atoms with Crippen molar-refractivity contribution in [2.75, 3.05) is 19.8 Å². The van der Waals surface area contributed by atoms with E-state index in [1.165, 1.54) is 0 Å². The number of phenols is 1. The van der Waals surface area contributed by atoms with Gasteiger partial charge in [0.05, 0.1) is 13.2 Å². The second-order valence-electron chi connectivity index (χ2n) is 5.01. The van der Waals surface area contributed by atoms with Crippen LogP contribution in [0.1, 0.15) is 39.0 Å². The first-order valence-electron chi connectivity index (χ1n) is 7.68. The van der Waals surface area contributed by atoms with E-state index in [9.17, 15) is 9.90 Å². The summed E-state index contributed by atoms with van der Waals surface area (Å²) < 4.78 is 11.1. The van der Waals surface area contributed by atoms with E-state index in [0.717, 1.165) is 32.1 Å². The largest absolute Gasteiger partial charge is 0.508 e. The molecule has 1 aromatic carbocycles. The van der Waals surface area contributed by atoms with E-state index in [0.29, 0.717) is 31.3 Å². The summed E-state index contributed by atoms with van der Waals surface area (Å²) in [5.74, 6) is 1.33. The normalized spacial score (nSPS) is 10.2. The van der Waals surface area contributed by atoms with Gasteiger partial charge in [-0.05, 0) is 19.3 Å². The number of nitrogens with one attached hydrogen (secondary N) is 1. The van der Waals surface area contributed by atoms with Crippen LogP contribution < -0.4 is 14.8 Å². The van der Waals surface area contributed by atoms with Gasteiger partial charge >= 0.3 is 6.09 Å². The minimum Gasteiger partial charge on any atom is -0.508 e. The lowest BCUT2D eigenvalue weighted by atomic mass is 10.2. The van der Waals surface area contributed by atoms with E-state index in [2.05, 4.69) is 5.32 Å². The molecule has 0 unspecified atom stereocenters. The van der Waals surface area contributed by atoms with Gasteiger partial charge in [0.25, 0.3) is 0 Å². The Balaban J connectivity index is 2.18. The number of hydrogen-bond acceptors (Lipinski definition) is 4. The van der Waals surface area contributed by atoms with E-state index < -0.39 is 6.09 Å². The van der Waals surface area contributed by atoms with Crippen molar-refractivity contribution in [3.63, 3.8) is 0 Å². The Hall–Kier alpha value is -2.11. The molecule has 0 aliphatic carbocycles. The first-order chi connectivity index (χ1) is 10.6. The zero-order valence-electron chi connectivity index (χ0n) is 13.0. The summed E-state index contributed by atoms with van der Waals surface area (Å²) in [5.41, 5.74) is 0. The smallest absolute Gasteiger partial charge is 0.404 e. The average molecular weight is 311 g/mol. The molecular weight excluding hydrogens is 286 g/mol. The molecule has 0 saturated carbocycles. The summed E-state index contributed by atoms with van der Waals surface area (Å²) in [7, 11) is 0. The molecule has 124 valence electrons. The highest BCUT2D eigenvalue weighted by atomic mass is 16.5. The Morgan fingerprint density at radius 3 is 2.32 bits per heavy atom. The number of carboxylic acid groups (broad SMARTS) is 1. The molecule has 1 rings (SSSR count). The summed E-state index contributed by atoms with van der Waals surface area (Å²) in [6.07, 6.45) is 3.56. The van der Waals surface area contributed by atoms with Gasteiger partial charge in [-0.3, -0.25) is 0 Å². The van der Waals surface area contributed by atoms with Crippen molar-refractivity contribution >= 4 is 6.09 Å². The zero-order valence-corrected chi connectivity index (χ0v) is 13.0. The van der Waals surface area contributed by atoms with Gasteiger partial charge in [-0.25, -0.2) is 4.79 Å². The number of phenolic OH excluding ortho intramolecular Hbond substituents is 1. The quantitative estimate of drug-likeness (QED) is 0.545. The van der Waals surface area contributed by atoms with Crippen LogP contribution in [0.15, 0.2) is 18.2 Å². The maximum Gasteiger partial charge on any atom is 0.404 e. The molecule has 1 aromatic rings.